The second kappa shape index (κ2) is 6.33. The maximum absolute atomic E-state index is 12.2. The second-order valence-corrected chi connectivity index (χ2v) is 5.79. The van der Waals surface area contributed by atoms with Crippen molar-refractivity contribution in [1.82, 2.24) is 19.9 Å². The molecule has 0 saturated carbocycles. The van der Waals surface area contributed by atoms with Crippen LogP contribution in [0, 0.1) is 0 Å². The van der Waals surface area contributed by atoms with Gasteiger partial charge < -0.3 is 10.3 Å². The first-order valence-electron chi connectivity index (χ1n) is 7.52. The lowest BCUT2D eigenvalue weighted by atomic mass is 10.1. The molecule has 0 aliphatic heterocycles. The van der Waals surface area contributed by atoms with Gasteiger partial charge in [0.15, 0.2) is 0 Å². The number of nitrogens with one attached hydrogen (secondary N) is 2. The molecule has 7 heteroatoms. The standard InChI is InChI=1S/C18H12ClN5O/c19-12-7-13-14(10-22-17(13)21-9-12)15-4-1-5-16(23-15)24-18(25)11-3-2-6-20-8-11/h1-10H,(H,21,22)(H,23,24,25). The molecule has 4 aromatic heterocycles. The molecule has 0 aliphatic carbocycles. The van der Waals surface area contributed by atoms with Crippen molar-refractivity contribution in [2.24, 2.45) is 0 Å². The van der Waals surface area contributed by atoms with Crippen LogP contribution in [0.1, 0.15) is 10.4 Å². The van der Waals surface area contributed by atoms with E-state index in [0.717, 1.165) is 16.6 Å². The van der Waals surface area contributed by atoms with E-state index in [9.17, 15) is 4.79 Å². The van der Waals surface area contributed by atoms with Gasteiger partial charge in [-0.15, -0.1) is 0 Å². The third-order valence-corrected chi connectivity index (χ3v) is 3.89. The number of nitrogens with zero attached hydrogens (tertiary/aromatic N) is 3. The molecule has 0 aliphatic rings. The average molecular weight is 350 g/mol. The molecule has 4 rings (SSSR count). The van der Waals surface area contributed by atoms with Crippen molar-refractivity contribution in [3.63, 3.8) is 0 Å². The minimum Gasteiger partial charge on any atom is -0.345 e. The van der Waals surface area contributed by atoms with E-state index in [0.29, 0.717) is 22.1 Å². The van der Waals surface area contributed by atoms with Crippen LogP contribution in [0.2, 0.25) is 5.02 Å². The van der Waals surface area contributed by atoms with Crippen LogP contribution in [-0.4, -0.2) is 25.8 Å². The van der Waals surface area contributed by atoms with Crippen molar-refractivity contribution < 1.29 is 4.79 Å². The largest absolute Gasteiger partial charge is 0.345 e. The molecule has 0 unspecified atom stereocenters. The van der Waals surface area contributed by atoms with Crippen molar-refractivity contribution in [2.45, 2.75) is 0 Å². The average Bonchev–Trinajstić information content (AvgIpc) is 3.05. The molecule has 1 amide bonds. The van der Waals surface area contributed by atoms with Gasteiger partial charge in [-0.2, -0.15) is 0 Å². The zero-order valence-electron chi connectivity index (χ0n) is 12.9. The molecule has 0 aromatic carbocycles. The molecule has 122 valence electrons. The third kappa shape index (κ3) is 3.07. The minimum absolute atomic E-state index is 0.263. The van der Waals surface area contributed by atoms with E-state index in [2.05, 4.69) is 25.3 Å². The number of carbonyl (C=O) groups is 1. The number of carbonyl (C=O) groups excluding carboxylic acids is 1. The quantitative estimate of drug-likeness (QED) is 0.587. The Morgan fingerprint density at radius 3 is 2.92 bits per heavy atom. The van der Waals surface area contributed by atoms with Gasteiger partial charge in [0, 0.05) is 35.7 Å². The van der Waals surface area contributed by atoms with Gasteiger partial charge in [-0.05, 0) is 30.3 Å². The first-order valence-corrected chi connectivity index (χ1v) is 7.90. The Bertz CT molecular complexity index is 1060. The minimum atomic E-state index is -0.263. The summed E-state index contributed by atoms with van der Waals surface area (Å²) in [5.41, 5.74) is 2.77. The normalized spacial score (nSPS) is 10.8. The molecule has 0 fully saturated rings. The fourth-order valence-electron chi connectivity index (χ4n) is 2.53. The van der Waals surface area contributed by atoms with Crippen LogP contribution >= 0.6 is 11.6 Å². The van der Waals surface area contributed by atoms with Crippen molar-refractivity contribution in [3.05, 3.63) is 71.8 Å². The Hall–Kier alpha value is -3.25. The topological polar surface area (TPSA) is 83.6 Å². The Morgan fingerprint density at radius 1 is 1.16 bits per heavy atom. The Morgan fingerprint density at radius 2 is 2.08 bits per heavy atom. The van der Waals surface area contributed by atoms with Gasteiger partial charge in [0.2, 0.25) is 0 Å². The Labute approximate surface area is 147 Å². The van der Waals surface area contributed by atoms with E-state index < -0.39 is 0 Å². The summed E-state index contributed by atoms with van der Waals surface area (Å²) in [4.78, 5) is 28.0. The smallest absolute Gasteiger partial charge is 0.258 e. The summed E-state index contributed by atoms with van der Waals surface area (Å²) in [7, 11) is 0. The summed E-state index contributed by atoms with van der Waals surface area (Å²) in [5, 5.41) is 4.20. The molecule has 0 atom stereocenters. The molecule has 0 spiro atoms. The molecule has 4 heterocycles. The van der Waals surface area contributed by atoms with E-state index in [-0.39, 0.29) is 5.91 Å². The summed E-state index contributed by atoms with van der Waals surface area (Å²) in [5.74, 6) is 0.192. The number of pyridine rings is 3. The first kappa shape index (κ1) is 15.3. The zero-order chi connectivity index (χ0) is 17.2. The number of hydrogen-bond acceptors (Lipinski definition) is 4. The molecule has 2 N–H and O–H groups in total. The van der Waals surface area contributed by atoms with E-state index in [4.69, 9.17) is 11.6 Å². The van der Waals surface area contributed by atoms with Crippen LogP contribution in [0.25, 0.3) is 22.3 Å². The van der Waals surface area contributed by atoms with E-state index in [1.807, 2.05) is 24.4 Å². The molecule has 0 bridgehead atoms. The second-order valence-electron chi connectivity index (χ2n) is 5.36. The lowest BCUT2D eigenvalue weighted by molar-refractivity contribution is 0.102. The summed E-state index contributed by atoms with van der Waals surface area (Å²) >= 11 is 6.04. The fraction of sp³-hybridized carbons (Fsp3) is 0. The highest BCUT2D eigenvalue weighted by Crippen LogP contribution is 2.28. The zero-order valence-corrected chi connectivity index (χ0v) is 13.7. The van der Waals surface area contributed by atoms with Gasteiger partial charge in [0.05, 0.1) is 16.3 Å². The molecule has 0 saturated heterocycles. The Balaban J connectivity index is 1.67. The van der Waals surface area contributed by atoms with Crippen LogP contribution in [0.15, 0.2) is 61.2 Å². The van der Waals surface area contributed by atoms with Crippen molar-refractivity contribution in [1.29, 1.82) is 0 Å². The summed E-state index contributed by atoms with van der Waals surface area (Å²) in [6.45, 7) is 0. The highest BCUT2D eigenvalue weighted by molar-refractivity contribution is 6.31. The number of H-pyrrole nitrogens is 1. The molecule has 4 aromatic rings. The van der Waals surface area contributed by atoms with Crippen LogP contribution in [-0.2, 0) is 0 Å². The van der Waals surface area contributed by atoms with Gasteiger partial charge in [0.1, 0.15) is 11.5 Å². The molecular formula is C18H12ClN5O. The summed E-state index contributed by atoms with van der Waals surface area (Å²) < 4.78 is 0. The number of rotatable bonds is 3. The van der Waals surface area contributed by atoms with Crippen LogP contribution < -0.4 is 5.32 Å². The lowest BCUT2D eigenvalue weighted by Gasteiger charge is -2.06. The van der Waals surface area contributed by atoms with Crippen molar-refractivity contribution in [2.75, 3.05) is 5.32 Å². The summed E-state index contributed by atoms with van der Waals surface area (Å²) in [6.07, 6.45) is 6.53. The molecule has 0 radical (unpaired) electrons. The SMILES string of the molecule is O=C(Nc1cccc(-c2c[nH]c3ncc(Cl)cc23)n1)c1cccnc1. The van der Waals surface area contributed by atoms with Gasteiger partial charge in [-0.25, -0.2) is 9.97 Å². The molecule has 25 heavy (non-hydrogen) atoms. The maximum atomic E-state index is 12.2. The number of anilines is 1. The number of hydrogen-bond donors (Lipinski definition) is 2. The number of aromatic nitrogens is 4. The van der Waals surface area contributed by atoms with Gasteiger partial charge in [-0.3, -0.25) is 9.78 Å². The van der Waals surface area contributed by atoms with E-state index in [1.54, 1.807) is 30.6 Å². The highest BCUT2D eigenvalue weighted by Gasteiger charge is 2.11. The van der Waals surface area contributed by atoms with E-state index >= 15 is 0 Å². The Kier molecular flexibility index (Phi) is 3.87. The number of fused-ring (bicyclic) bond motifs is 1. The number of halogens is 1. The van der Waals surface area contributed by atoms with Crippen molar-refractivity contribution in [3.8, 4) is 11.3 Å². The van der Waals surface area contributed by atoms with Crippen molar-refractivity contribution >= 4 is 34.4 Å². The number of amides is 1. The predicted molar refractivity (Wildman–Crippen MR) is 96.5 cm³/mol. The van der Waals surface area contributed by atoms with E-state index in [1.165, 1.54) is 6.20 Å². The number of aromatic amines is 1. The van der Waals surface area contributed by atoms with Crippen LogP contribution in [0.4, 0.5) is 5.82 Å². The van der Waals surface area contributed by atoms with Gasteiger partial charge in [0.25, 0.3) is 5.91 Å². The highest BCUT2D eigenvalue weighted by atomic mass is 35.5. The van der Waals surface area contributed by atoms with Gasteiger partial charge >= 0.3 is 0 Å². The first-order chi connectivity index (χ1) is 12.2. The van der Waals surface area contributed by atoms with Crippen LogP contribution in [0.3, 0.4) is 0 Å². The maximum Gasteiger partial charge on any atom is 0.258 e. The molecule has 6 nitrogen and oxygen atoms in total. The van der Waals surface area contributed by atoms with Gasteiger partial charge in [-0.1, -0.05) is 17.7 Å². The molecular weight excluding hydrogens is 338 g/mol. The predicted octanol–water partition coefficient (Wildman–Crippen LogP) is 3.93. The third-order valence-electron chi connectivity index (χ3n) is 3.69. The summed E-state index contributed by atoms with van der Waals surface area (Å²) in [6, 6.07) is 10.7. The fourth-order valence-corrected chi connectivity index (χ4v) is 2.69. The lowest BCUT2D eigenvalue weighted by Crippen LogP contribution is -2.13. The monoisotopic (exact) mass is 349 g/mol. The van der Waals surface area contributed by atoms with Crippen LogP contribution in [0.5, 0.6) is 0 Å².